The van der Waals surface area contributed by atoms with Crippen molar-refractivity contribution in [3.63, 3.8) is 0 Å². The zero-order valence-electron chi connectivity index (χ0n) is 10.3. The summed E-state index contributed by atoms with van der Waals surface area (Å²) in [4.78, 5) is 0. The predicted octanol–water partition coefficient (Wildman–Crippen LogP) is 3.61. The molecule has 0 spiro atoms. The smallest absolute Gasteiger partial charge is 0.0433 e. The third-order valence-corrected chi connectivity index (χ3v) is 5.40. The van der Waals surface area contributed by atoms with Crippen LogP contribution in [-0.4, -0.2) is 11.7 Å². The van der Waals surface area contributed by atoms with Crippen LogP contribution in [0, 0.1) is 23.2 Å². The van der Waals surface area contributed by atoms with E-state index in [0.717, 1.165) is 24.2 Å². The van der Waals surface area contributed by atoms with Crippen molar-refractivity contribution < 1.29 is 5.11 Å². The van der Waals surface area contributed by atoms with E-state index in [2.05, 4.69) is 13.8 Å². The Morgan fingerprint density at radius 2 is 2.07 bits per heavy atom. The first-order valence-corrected chi connectivity index (χ1v) is 6.79. The van der Waals surface area contributed by atoms with Gasteiger partial charge in [0.05, 0.1) is 0 Å². The maximum atomic E-state index is 9.08. The van der Waals surface area contributed by atoms with E-state index in [1.807, 2.05) is 0 Å². The van der Waals surface area contributed by atoms with E-state index < -0.39 is 0 Å². The van der Waals surface area contributed by atoms with E-state index >= 15 is 0 Å². The minimum Gasteiger partial charge on any atom is -0.396 e. The Kier molecular flexibility index (Phi) is 3.39. The van der Waals surface area contributed by atoms with Crippen molar-refractivity contribution in [1.82, 2.24) is 0 Å². The van der Waals surface area contributed by atoms with Gasteiger partial charge in [0.25, 0.3) is 0 Å². The van der Waals surface area contributed by atoms with Crippen LogP contribution >= 0.6 is 0 Å². The molecule has 2 aliphatic carbocycles. The molecule has 0 aromatic carbocycles. The minimum atomic E-state index is 0.373. The van der Waals surface area contributed by atoms with E-state index in [1.165, 1.54) is 38.5 Å². The summed E-state index contributed by atoms with van der Waals surface area (Å²) < 4.78 is 0. The second kappa shape index (κ2) is 4.45. The van der Waals surface area contributed by atoms with Gasteiger partial charge in [-0.3, -0.25) is 0 Å². The summed E-state index contributed by atoms with van der Waals surface area (Å²) in [6, 6.07) is 0. The van der Waals surface area contributed by atoms with Crippen LogP contribution in [0.5, 0.6) is 0 Å². The molecular formula is C14H26O. The standard InChI is InChI=1S/C14H26O/c1-11(8-10-15)13-7-6-12-5-3-4-9-14(12,13)2/h11-13,15H,3-10H2,1-2H3/t11-,12?,13?,14?/m1/s1. The van der Waals surface area contributed by atoms with Gasteiger partial charge >= 0.3 is 0 Å². The number of fused-ring (bicyclic) bond motifs is 1. The third-order valence-electron chi connectivity index (χ3n) is 5.40. The second-order valence-electron chi connectivity index (χ2n) is 6.12. The largest absolute Gasteiger partial charge is 0.396 e. The van der Waals surface area contributed by atoms with Crippen LogP contribution in [0.25, 0.3) is 0 Å². The van der Waals surface area contributed by atoms with Crippen LogP contribution in [0.15, 0.2) is 0 Å². The number of aliphatic hydroxyl groups is 1. The molecule has 2 rings (SSSR count). The first-order valence-electron chi connectivity index (χ1n) is 6.79. The topological polar surface area (TPSA) is 20.2 Å². The van der Waals surface area contributed by atoms with Gasteiger partial charge in [-0.2, -0.15) is 0 Å². The molecule has 0 bridgehead atoms. The number of aliphatic hydroxyl groups excluding tert-OH is 1. The first-order chi connectivity index (χ1) is 7.18. The Morgan fingerprint density at radius 3 is 2.80 bits per heavy atom. The SMILES string of the molecule is C[C@H](CCO)C1CCC2CCCCC21C. The van der Waals surface area contributed by atoms with Gasteiger partial charge in [-0.1, -0.05) is 26.7 Å². The first kappa shape index (κ1) is 11.4. The van der Waals surface area contributed by atoms with Gasteiger partial charge < -0.3 is 5.11 Å². The van der Waals surface area contributed by atoms with E-state index in [-0.39, 0.29) is 0 Å². The molecule has 0 amide bonds. The molecule has 15 heavy (non-hydrogen) atoms. The number of rotatable bonds is 3. The van der Waals surface area contributed by atoms with Crippen molar-refractivity contribution in [3.05, 3.63) is 0 Å². The third kappa shape index (κ3) is 1.95. The average molecular weight is 210 g/mol. The fourth-order valence-electron chi connectivity index (χ4n) is 4.44. The lowest BCUT2D eigenvalue weighted by Crippen LogP contribution is -2.35. The van der Waals surface area contributed by atoms with Crippen LogP contribution < -0.4 is 0 Å². The van der Waals surface area contributed by atoms with Crippen molar-refractivity contribution in [2.75, 3.05) is 6.61 Å². The van der Waals surface area contributed by atoms with Crippen molar-refractivity contribution >= 4 is 0 Å². The van der Waals surface area contributed by atoms with Crippen molar-refractivity contribution in [2.24, 2.45) is 23.2 Å². The van der Waals surface area contributed by atoms with Gasteiger partial charge in [-0.25, -0.2) is 0 Å². The molecule has 0 aliphatic heterocycles. The quantitative estimate of drug-likeness (QED) is 0.754. The molecule has 2 saturated carbocycles. The molecule has 2 aliphatic rings. The summed E-state index contributed by atoms with van der Waals surface area (Å²) in [5.41, 5.74) is 0.618. The fraction of sp³-hybridized carbons (Fsp3) is 1.00. The maximum Gasteiger partial charge on any atom is 0.0433 e. The normalized spacial score (nSPS) is 42.6. The lowest BCUT2D eigenvalue weighted by atomic mass is 9.62. The van der Waals surface area contributed by atoms with Crippen LogP contribution in [0.2, 0.25) is 0 Å². The number of hydrogen-bond donors (Lipinski definition) is 1. The summed E-state index contributed by atoms with van der Waals surface area (Å²) in [5.74, 6) is 2.61. The molecule has 0 saturated heterocycles. The molecule has 4 atom stereocenters. The highest BCUT2D eigenvalue weighted by molar-refractivity contribution is 4.98. The van der Waals surface area contributed by atoms with Crippen molar-refractivity contribution in [2.45, 2.75) is 58.8 Å². The fourth-order valence-corrected chi connectivity index (χ4v) is 4.44. The minimum absolute atomic E-state index is 0.373. The molecule has 2 fully saturated rings. The summed E-state index contributed by atoms with van der Waals surface area (Å²) in [7, 11) is 0. The van der Waals surface area contributed by atoms with Crippen LogP contribution in [-0.2, 0) is 0 Å². The molecule has 1 heteroatoms. The van der Waals surface area contributed by atoms with Crippen molar-refractivity contribution in [3.8, 4) is 0 Å². The van der Waals surface area contributed by atoms with E-state index in [4.69, 9.17) is 5.11 Å². The molecule has 0 heterocycles. The Morgan fingerprint density at radius 1 is 1.27 bits per heavy atom. The monoisotopic (exact) mass is 210 g/mol. The molecule has 88 valence electrons. The lowest BCUT2D eigenvalue weighted by molar-refractivity contribution is 0.0613. The molecule has 1 nitrogen and oxygen atoms in total. The average Bonchev–Trinajstić information content (AvgIpc) is 2.55. The van der Waals surface area contributed by atoms with Crippen LogP contribution in [0.3, 0.4) is 0 Å². The van der Waals surface area contributed by atoms with Gasteiger partial charge in [0, 0.05) is 6.61 Å². The van der Waals surface area contributed by atoms with Gasteiger partial charge in [0.15, 0.2) is 0 Å². The second-order valence-corrected chi connectivity index (χ2v) is 6.12. The van der Waals surface area contributed by atoms with Crippen LogP contribution in [0.1, 0.15) is 58.8 Å². The molecule has 3 unspecified atom stereocenters. The van der Waals surface area contributed by atoms with Gasteiger partial charge in [-0.05, 0) is 55.3 Å². The van der Waals surface area contributed by atoms with Gasteiger partial charge in [0.1, 0.15) is 0 Å². The molecule has 0 aromatic heterocycles. The van der Waals surface area contributed by atoms with E-state index in [9.17, 15) is 0 Å². The van der Waals surface area contributed by atoms with Crippen molar-refractivity contribution in [1.29, 1.82) is 0 Å². The highest BCUT2D eigenvalue weighted by atomic mass is 16.3. The van der Waals surface area contributed by atoms with E-state index in [0.29, 0.717) is 12.0 Å². The number of hydrogen-bond acceptors (Lipinski definition) is 1. The zero-order chi connectivity index (χ0) is 10.9. The maximum absolute atomic E-state index is 9.08. The van der Waals surface area contributed by atoms with Crippen LogP contribution in [0.4, 0.5) is 0 Å². The summed E-state index contributed by atoms with van der Waals surface area (Å²) in [5, 5.41) is 9.08. The molecule has 0 radical (unpaired) electrons. The van der Waals surface area contributed by atoms with Gasteiger partial charge in [-0.15, -0.1) is 0 Å². The summed E-state index contributed by atoms with van der Waals surface area (Å²) in [6.07, 6.45) is 9.69. The van der Waals surface area contributed by atoms with E-state index in [1.54, 1.807) is 0 Å². The Labute approximate surface area is 94.3 Å². The predicted molar refractivity (Wildman–Crippen MR) is 63.7 cm³/mol. The lowest BCUT2D eigenvalue weighted by Gasteiger charge is -2.43. The zero-order valence-corrected chi connectivity index (χ0v) is 10.3. The summed E-state index contributed by atoms with van der Waals surface area (Å²) in [6.45, 7) is 5.25. The summed E-state index contributed by atoms with van der Waals surface area (Å²) >= 11 is 0. The Balaban J connectivity index is 2.06. The molecule has 0 aromatic rings. The molecular weight excluding hydrogens is 184 g/mol. The Bertz CT molecular complexity index is 213. The highest BCUT2D eigenvalue weighted by Gasteiger charge is 2.48. The highest BCUT2D eigenvalue weighted by Crippen LogP contribution is 2.57. The Hall–Kier alpha value is -0.0400. The molecule has 1 N–H and O–H groups in total. The van der Waals surface area contributed by atoms with Gasteiger partial charge in [0.2, 0.25) is 0 Å².